The van der Waals surface area contributed by atoms with E-state index in [1.165, 1.54) is 0 Å². The van der Waals surface area contributed by atoms with Crippen LogP contribution in [0, 0.1) is 5.41 Å². The van der Waals surface area contributed by atoms with E-state index < -0.39 is 23.5 Å². The van der Waals surface area contributed by atoms with Gasteiger partial charge in [0.2, 0.25) is 0 Å². The molecule has 2 aromatic carbocycles. The predicted molar refractivity (Wildman–Crippen MR) is 143 cm³/mol. The summed E-state index contributed by atoms with van der Waals surface area (Å²) in [6, 6.07) is 15.2. The van der Waals surface area contributed by atoms with Gasteiger partial charge in [-0.25, -0.2) is 9.59 Å². The Balaban J connectivity index is 1.84. The molecule has 0 saturated heterocycles. The number of carbonyl (C=O) groups is 2. The number of carboxylic acid groups (broad SMARTS) is 1. The van der Waals surface area contributed by atoms with Crippen LogP contribution in [-0.4, -0.2) is 94.2 Å². The average molecular weight is 498 g/mol. The van der Waals surface area contributed by atoms with Crippen molar-refractivity contribution in [3.05, 3.63) is 59.7 Å². The number of nitrogens with zero attached hydrogens (tertiary/aromatic N) is 2. The van der Waals surface area contributed by atoms with Crippen LogP contribution in [0.1, 0.15) is 36.8 Å². The molecule has 2 N–H and O–H groups in total. The van der Waals surface area contributed by atoms with Crippen molar-refractivity contribution in [3.63, 3.8) is 0 Å². The van der Waals surface area contributed by atoms with Gasteiger partial charge in [0.1, 0.15) is 12.6 Å². The van der Waals surface area contributed by atoms with Crippen molar-refractivity contribution in [1.29, 1.82) is 0 Å². The lowest BCUT2D eigenvalue weighted by atomic mass is 9.74. The second-order valence-electron chi connectivity index (χ2n) is 12.3. The molecule has 7 nitrogen and oxygen atoms in total. The number of fused-ring (bicyclic) bond motifs is 3. The van der Waals surface area contributed by atoms with Gasteiger partial charge in [0.05, 0.1) is 60.8 Å². The van der Waals surface area contributed by atoms with E-state index in [4.69, 9.17) is 4.74 Å². The lowest BCUT2D eigenvalue weighted by molar-refractivity contribution is -0.903. The molecule has 0 aliphatic heterocycles. The average Bonchev–Trinajstić information content (AvgIpc) is 3.07. The zero-order valence-electron chi connectivity index (χ0n) is 22.9. The number of carbonyl (C=O) groups excluding carboxylic acids is 1. The number of amides is 1. The fourth-order valence-electron chi connectivity index (χ4n) is 6.16. The zero-order valence-corrected chi connectivity index (χ0v) is 22.9. The van der Waals surface area contributed by atoms with E-state index in [2.05, 4.69) is 78.8 Å². The summed E-state index contributed by atoms with van der Waals surface area (Å²) in [5.41, 5.74) is 3.90. The van der Waals surface area contributed by atoms with E-state index in [-0.39, 0.29) is 12.5 Å². The highest BCUT2D eigenvalue weighted by Crippen LogP contribution is 2.44. The molecule has 0 saturated carbocycles. The molecule has 0 heterocycles. The minimum Gasteiger partial charge on any atom is -0.480 e. The standard InChI is InChI=1S/C29H41N3O4/c1-8-17-29(19-31(2,3)4,20-32(5,6)7)26(27(33)34)30-28(35)36-18-25-23-15-11-9-13-21(23)22-14-10-12-16-24(22)25/h9-16,25-26H,8,17-20H2,1-7H3/p+2/t26-/m1/s1. The Hall–Kier alpha value is -2.90. The maximum atomic E-state index is 13.1. The molecule has 7 heteroatoms. The van der Waals surface area contributed by atoms with Gasteiger partial charge in [-0.1, -0.05) is 61.9 Å². The van der Waals surface area contributed by atoms with Crippen LogP contribution in [0.5, 0.6) is 0 Å². The summed E-state index contributed by atoms with van der Waals surface area (Å²) >= 11 is 0. The summed E-state index contributed by atoms with van der Waals surface area (Å²) < 4.78 is 6.92. The van der Waals surface area contributed by atoms with E-state index in [1.54, 1.807) is 0 Å². The summed E-state index contributed by atoms with van der Waals surface area (Å²) in [6.45, 7) is 3.43. The number of rotatable bonds is 11. The maximum absolute atomic E-state index is 13.1. The Morgan fingerprint density at radius 3 is 1.81 bits per heavy atom. The third kappa shape index (κ3) is 6.45. The number of hydrogen-bond acceptors (Lipinski definition) is 3. The summed E-state index contributed by atoms with van der Waals surface area (Å²) in [5.74, 6) is -1.11. The molecule has 0 unspecified atom stereocenters. The van der Waals surface area contributed by atoms with Crippen LogP contribution in [0.15, 0.2) is 48.5 Å². The second kappa shape index (κ2) is 10.6. The quantitative estimate of drug-likeness (QED) is 0.457. The number of ether oxygens (including phenoxy) is 1. The van der Waals surface area contributed by atoms with Crippen LogP contribution in [0.2, 0.25) is 0 Å². The van der Waals surface area contributed by atoms with Crippen molar-refractivity contribution in [2.24, 2.45) is 5.41 Å². The number of hydrogen-bond donors (Lipinski definition) is 2. The third-order valence-corrected chi connectivity index (χ3v) is 6.79. The topological polar surface area (TPSA) is 75.6 Å². The minimum absolute atomic E-state index is 0.0793. The number of quaternary nitrogens is 2. The first-order valence-corrected chi connectivity index (χ1v) is 12.7. The van der Waals surface area contributed by atoms with Crippen molar-refractivity contribution >= 4 is 12.1 Å². The highest BCUT2D eigenvalue weighted by atomic mass is 16.5. The fraction of sp³-hybridized carbons (Fsp3) is 0.517. The summed E-state index contributed by atoms with van der Waals surface area (Å²) in [4.78, 5) is 25.7. The molecule has 3 rings (SSSR count). The third-order valence-electron chi connectivity index (χ3n) is 6.79. The second-order valence-corrected chi connectivity index (χ2v) is 12.3. The first-order chi connectivity index (χ1) is 16.8. The molecule has 1 amide bonds. The lowest BCUT2D eigenvalue weighted by Gasteiger charge is -2.45. The minimum atomic E-state index is -1.07. The Morgan fingerprint density at radius 1 is 0.917 bits per heavy atom. The van der Waals surface area contributed by atoms with Gasteiger partial charge in [0.25, 0.3) is 0 Å². The zero-order chi connectivity index (χ0) is 26.7. The Bertz CT molecular complexity index is 1020. The van der Waals surface area contributed by atoms with Gasteiger partial charge < -0.3 is 24.1 Å². The van der Waals surface area contributed by atoms with E-state index in [1.807, 2.05) is 24.3 Å². The van der Waals surface area contributed by atoms with Crippen LogP contribution in [0.3, 0.4) is 0 Å². The van der Waals surface area contributed by atoms with E-state index in [9.17, 15) is 14.7 Å². The molecule has 0 bridgehead atoms. The van der Waals surface area contributed by atoms with Gasteiger partial charge in [0, 0.05) is 5.92 Å². The van der Waals surface area contributed by atoms with Crippen LogP contribution in [-0.2, 0) is 9.53 Å². The van der Waals surface area contributed by atoms with Crippen molar-refractivity contribution in [2.75, 3.05) is 62.0 Å². The molecule has 0 aromatic heterocycles. The van der Waals surface area contributed by atoms with Gasteiger partial charge in [-0.3, -0.25) is 0 Å². The number of alkyl carbamates (subject to hydrolysis) is 1. The summed E-state index contributed by atoms with van der Waals surface area (Å²) in [7, 11) is 12.4. The normalized spacial score (nSPS) is 14.6. The van der Waals surface area contributed by atoms with E-state index >= 15 is 0 Å². The van der Waals surface area contributed by atoms with Gasteiger partial charge in [-0.15, -0.1) is 0 Å². The van der Waals surface area contributed by atoms with Crippen LogP contribution >= 0.6 is 0 Å². The molecule has 0 fully saturated rings. The fourth-order valence-corrected chi connectivity index (χ4v) is 6.16. The van der Waals surface area contributed by atoms with E-state index in [0.717, 1.165) is 28.7 Å². The largest absolute Gasteiger partial charge is 0.480 e. The number of carboxylic acids is 1. The predicted octanol–water partition coefficient (Wildman–Crippen LogP) is 4.18. The smallest absolute Gasteiger partial charge is 0.407 e. The number of aliphatic carboxylic acids is 1. The molecule has 1 aliphatic carbocycles. The van der Waals surface area contributed by atoms with Crippen LogP contribution in [0.25, 0.3) is 11.1 Å². The molecular weight excluding hydrogens is 454 g/mol. The molecular formula is C29H43N3O4+2. The van der Waals surface area contributed by atoms with E-state index in [0.29, 0.717) is 28.5 Å². The van der Waals surface area contributed by atoms with Gasteiger partial charge in [-0.2, -0.15) is 0 Å². The van der Waals surface area contributed by atoms with Gasteiger partial charge >= 0.3 is 12.1 Å². The first kappa shape index (κ1) is 27.7. The summed E-state index contributed by atoms with van der Waals surface area (Å²) in [6.07, 6.45) is 0.807. The maximum Gasteiger partial charge on any atom is 0.407 e. The van der Waals surface area contributed by atoms with Crippen LogP contribution in [0.4, 0.5) is 4.79 Å². The highest BCUT2D eigenvalue weighted by Gasteiger charge is 2.51. The molecule has 36 heavy (non-hydrogen) atoms. The lowest BCUT2D eigenvalue weighted by Crippen LogP contribution is -2.64. The Labute approximate surface area is 215 Å². The first-order valence-electron chi connectivity index (χ1n) is 12.7. The van der Waals surface area contributed by atoms with Crippen molar-refractivity contribution in [1.82, 2.24) is 5.32 Å². The van der Waals surface area contributed by atoms with Crippen molar-refractivity contribution in [2.45, 2.75) is 31.7 Å². The monoisotopic (exact) mass is 497 g/mol. The molecule has 1 atom stereocenters. The van der Waals surface area contributed by atoms with Gasteiger partial charge in [-0.05, 0) is 28.7 Å². The molecule has 0 spiro atoms. The van der Waals surface area contributed by atoms with Gasteiger partial charge in [0.15, 0.2) is 0 Å². The van der Waals surface area contributed by atoms with Crippen molar-refractivity contribution in [3.8, 4) is 11.1 Å². The van der Waals surface area contributed by atoms with Crippen molar-refractivity contribution < 1.29 is 28.4 Å². The number of benzene rings is 2. The number of nitrogens with one attached hydrogen (secondary N) is 1. The molecule has 196 valence electrons. The summed E-state index contributed by atoms with van der Waals surface area (Å²) in [5, 5.41) is 13.1. The van der Waals surface area contributed by atoms with Crippen LogP contribution < -0.4 is 5.32 Å². The SMILES string of the molecule is CCCC(C[N+](C)(C)C)(C[N+](C)(C)C)[C@H](NC(=O)OCC1c2ccccc2-c2ccccc21)C(=O)O. The highest BCUT2D eigenvalue weighted by molar-refractivity contribution is 5.81. The molecule has 2 aromatic rings. The Morgan fingerprint density at radius 2 is 1.39 bits per heavy atom. The molecule has 1 aliphatic rings. The Kier molecular flexibility index (Phi) is 8.16. The molecule has 0 radical (unpaired) electrons.